The van der Waals surface area contributed by atoms with Gasteiger partial charge >= 0.3 is 0 Å². The van der Waals surface area contributed by atoms with Crippen molar-refractivity contribution in [3.05, 3.63) is 101 Å². The third-order valence-electron chi connectivity index (χ3n) is 5.13. The molecule has 1 amide bonds. The van der Waals surface area contributed by atoms with Gasteiger partial charge in [-0.15, -0.1) is 0 Å². The molecule has 3 aromatic carbocycles. The first-order valence-corrected chi connectivity index (χ1v) is 10.4. The maximum absolute atomic E-state index is 12.7. The van der Waals surface area contributed by atoms with E-state index in [0.29, 0.717) is 23.0 Å². The van der Waals surface area contributed by atoms with E-state index in [0.717, 1.165) is 22.0 Å². The first-order chi connectivity index (χ1) is 15.6. The largest absolute Gasteiger partial charge is 0.497 e. The van der Waals surface area contributed by atoms with E-state index in [4.69, 9.17) is 16.3 Å². The standard InChI is InChI=1S/C26H20ClN3O2/c1-32-22-12-10-21(11-13-22)29-26(31)19(15-28)14-20-17-30(25-9-5-3-7-23(20)25)16-18-6-2-4-8-24(18)27/h2-14,17H,16H2,1H3,(H,29,31)/b19-14+. The number of nitrogens with one attached hydrogen (secondary N) is 1. The minimum absolute atomic E-state index is 0.0152. The SMILES string of the molecule is COc1ccc(NC(=O)/C(C#N)=C/c2cn(Cc3ccccc3Cl)c3ccccc23)cc1. The van der Waals surface area contributed by atoms with Crippen LogP contribution in [-0.4, -0.2) is 17.6 Å². The van der Waals surface area contributed by atoms with Crippen molar-refractivity contribution in [3.8, 4) is 11.8 Å². The second-order valence-corrected chi connectivity index (χ2v) is 7.58. The number of rotatable bonds is 6. The van der Waals surface area contributed by atoms with E-state index in [-0.39, 0.29) is 5.57 Å². The number of hydrogen-bond donors (Lipinski definition) is 1. The van der Waals surface area contributed by atoms with E-state index in [1.807, 2.05) is 60.8 Å². The van der Waals surface area contributed by atoms with Crippen molar-refractivity contribution in [3.63, 3.8) is 0 Å². The van der Waals surface area contributed by atoms with Gasteiger partial charge in [0, 0.05) is 39.9 Å². The zero-order valence-electron chi connectivity index (χ0n) is 17.4. The molecular weight excluding hydrogens is 422 g/mol. The normalized spacial score (nSPS) is 11.2. The summed E-state index contributed by atoms with van der Waals surface area (Å²) in [7, 11) is 1.58. The molecule has 4 aromatic rings. The molecule has 0 radical (unpaired) electrons. The Morgan fingerprint density at radius 2 is 1.81 bits per heavy atom. The maximum Gasteiger partial charge on any atom is 0.266 e. The fourth-order valence-corrected chi connectivity index (χ4v) is 3.70. The van der Waals surface area contributed by atoms with Gasteiger partial charge in [-0.05, 0) is 48.0 Å². The van der Waals surface area contributed by atoms with Crippen LogP contribution in [0.1, 0.15) is 11.1 Å². The quantitative estimate of drug-likeness (QED) is 0.299. The molecule has 1 aromatic heterocycles. The molecule has 0 aliphatic heterocycles. The highest BCUT2D eigenvalue weighted by Gasteiger charge is 2.13. The average molecular weight is 442 g/mol. The molecule has 5 nitrogen and oxygen atoms in total. The zero-order valence-corrected chi connectivity index (χ0v) is 18.1. The smallest absolute Gasteiger partial charge is 0.266 e. The molecule has 1 N–H and O–H groups in total. The number of amides is 1. The van der Waals surface area contributed by atoms with Crippen molar-refractivity contribution in [1.29, 1.82) is 5.26 Å². The summed E-state index contributed by atoms with van der Waals surface area (Å²) < 4.78 is 7.20. The number of para-hydroxylation sites is 1. The number of carbonyl (C=O) groups excluding carboxylic acids is 1. The summed E-state index contributed by atoms with van der Waals surface area (Å²) in [6, 6.07) is 24.5. The van der Waals surface area contributed by atoms with E-state index in [1.54, 1.807) is 37.5 Å². The Kier molecular flexibility index (Phi) is 6.25. The van der Waals surface area contributed by atoms with Crippen LogP contribution in [0.4, 0.5) is 5.69 Å². The molecule has 0 unspecified atom stereocenters. The van der Waals surface area contributed by atoms with Gasteiger partial charge in [-0.3, -0.25) is 4.79 Å². The molecule has 0 spiro atoms. The molecule has 32 heavy (non-hydrogen) atoms. The predicted octanol–water partition coefficient (Wildman–Crippen LogP) is 5.90. The van der Waals surface area contributed by atoms with Crippen LogP contribution in [-0.2, 0) is 11.3 Å². The minimum atomic E-state index is -0.472. The van der Waals surface area contributed by atoms with Gasteiger partial charge in [-0.1, -0.05) is 48.0 Å². The number of nitrogens with zero attached hydrogens (tertiary/aromatic N) is 2. The van der Waals surface area contributed by atoms with Crippen LogP contribution in [0.3, 0.4) is 0 Å². The molecule has 1 heterocycles. The van der Waals surface area contributed by atoms with Crippen molar-refractivity contribution in [2.24, 2.45) is 0 Å². The number of halogens is 1. The third-order valence-corrected chi connectivity index (χ3v) is 5.50. The van der Waals surface area contributed by atoms with E-state index >= 15 is 0 Å². The van der Waals surface area contributed by atoms with Gasteiger partial charge in [0.25, 0.3) is 5.91 Å². The summed E-state index contributed by atoms with van der Waals surface area (Å²) >= 11 is 6.35. The van der Waals surface area contributed by atoms with Crippen molar-refractivity contribution in [2.75, 3.05) is 12.4 Å². The van der Waals surface area contributed by atoms with Gasteiger partial charge in [-0.25, -0.2) is 0 Å². The Bertz CT molecular complexity index is 1350. The molecular formula is C26H20ClN3O2. The molecule has 4 rings (SSSR count). The number of fused-ring (bicyclic) bond motifs is 1. The van der Waals surface area contributed by atoms with Crippen LogP contribution in [0.25, 0.3) is 17.0 Å². The average Bonchev–Trinajstić information content (AvgIpc) is 3.16. The van der Waals surface area contributed by atoms with E-state index in [9.17, 15) is 10.1 Å². The molecule has 0 saturated carbocycles. The van der Waals surface area contributed by atoms with Crippen LogP contribution in [0.2, 0.25) is 5.02 Å². The summed E-state index contributed by atoms with van der Waals surface area (Å²) in [5.74, 6) is 0.214. The molecule has 0 atom stereocenters. The van der Waals surface area contributed by atoms with Gasteiger partial charge in [0.2, 0.25) is 0 Å². The molecule has 0 aliphatic rings. The number of anilines is 1. The van der Waals surface area contributed by atoms with Gasteiger partial charge in [0.05, 0.1) is 7.11 Å². The lowest BCUT2D eigenvalue weighted by Gasteiger charge is -2.07. The number of methoxy groups -OCH3 is 1. The second kappa shape index (κ2) is 9.42. The number of benzene rings is 3. The second-order valence-electron chi connectivity index (χ2n) is 7.17. The Morgan fingerprint density at radius 3 is 2.53 bits per heavy atom. The van der Waals surface area contributed by atoms with Crippen molar-refractivity contribution in [1.82, 2.24) is 4.57 Å². The molecule has 0 bridgehead atoms. The number of hydrogen-bond acceptors (Lipinski definition) is 3. The van der Waals surface area contributed by atoms with Crippen molar-refractivity contribution < 1.29 is 9.53 Å². The van der Waals surface area contributed by atoms with Crippen molar-refractivity contribution in [2.45, 2.75) is 6.54 Å². The first kappa shape index (κ1) is 21.2. The predicted molar refractivity (Wildman–Crippen MR) is 128 cm³/mol. The fourth-order valence-electron chi connectivity index (χ4n) is 3.51. The lowest BCUT2D eigenvalue weighted by molar-refractivity contribution is -0.112. The fraction of sp³-hybridized carbons (Fsp3) is 0.0769. The summed E-state index contributed by atoms with van der Waals surface area (Å²) in [5.41, 5.74) is 3.36. The lowest BCUT2D eigenvalue weighted by Crippen LogP contribution is -2.13. The summed E-state index contributed by atoms with van der Waals surface area (Å²) in [6.07, 6.45) is 3.55. The molecule has 0 fully saturated rings. The van der Waals surface area contributed by atoms with Crippen LogP contribution < -0.4 is 10.1 Å². The zero-order chi connectivity index (χ0) is 22.5. The lowest BCUT2D eigenvalue weighted by atomic mass is 10.1. The highest BCUT2D eigenvalue weighted by molar-refractivity contribution is 6.31. The Balaban J connectivity index is 1.66. The van der Waals surface area contributed by atoms with Gasteiger partial charge < -0.3 is 14.6 Å². The monoisotopic (exact) mass is 441 g/mol. The minimum Gasteiger partial charge on any atom is -0.497 e. The number of aromatic nitrogens is 1. The van der Waals surface area contributed by atoms with Crippen LogP contribution >= 0.6 is 11.6 Å². The number of ether oxygens (including phenoxy) is 1. The van der Waals surface area contributed by atoms with E-state index in [1.165, 1.54) is 0 Å². The summed E-state index contributed by atoms with van der Waals surface area (Å²) in [4.78, 5) is 12.7. The van der Waals surface area contributed by atoms with E-state index < -0.39 is 5.91 Å². The van der Waals surface area contributed by atoms with Gasteiger partial charge in [0.15, 0.2) is 0 Å². The Hall–Kier alpha value is -4.01. The molecule has 158 valence electrons. The highest BCUT2D eigenvalue weighted by Crippen LogP contribution is 2.26. The Morgan fingerprint density at radius 1 is 1.09 bits per heavy atom. The topological polar surface area (TPSA) is 67.0 Å². The molecule has 6 heteroatoms. The Labute approximate surface area is 191 Å². The van der Waals surface area contributed by atoms with Crippen molar-refractivity contribution >= 4 is 40.2 Å². The maximum atomic E-state index is 12.7. The van der Waals surface area contributed by atoms with Crippen LogP contribution in [0.5, 0.6) is 5.75 Å². The number of nitriles is 1. The third kappa shape index (κ3) is 4.51. The van der Waals surface area contributed by atoms with Crippen LogP contribution in [0.15, 0.2) is 84.6 Å². The summed E-state index contributed by atoms with van der Waals surface area (Å²) in [5, 5.41) is 14.0. The van der Waals surface area contributed by atoms with E-state index in [2.05, 4.69) is 9.88 Å². The first-order valence-electron chi connectivity index (χ1n) is 9.97. The highest BCUT2D eigenvalue weighted by atomic mass is 35.5. The molecule has 0 aliphatic carbocycles. The van der Waals surface area contributed by atoms with Gasteiger partial charge in [-0.2, -0.15) is 5.26 Å². The van der Waals surface area contributed by atoms with Crippen LogP contribution in [0, 0.1) is 11.3 Å². The molecule has 0 saturated heterocycles. The van der Waals surface area contributed by atoms with Gasteiger partial charge in [0.1, 0.15) is 17.4 Å². The summed E-state index contributed by atoms with van der Waals surface area (Å²) in [6.45, 7) is 0.577. The number of carbonyl (C=O) groups is 1.